The Morgan fingerprint density at radius 1 is 1.28 bits per heavy atom. The fourth-order valence-corrected chi connectivity index (χ4v) is 4.07. The zero-order valence-electron chi connectivity index (χ0n) is 16.5. The number of aliphatic imine (C=N–C) groups is 1. The topological polar surface area (TPSA) is 58.1 Å². The third-order valence-corrected chi connectivity index (χ3v) is 5.71. The van der Waals surface area contributed by atoms with Gasteiger partial charge in [0, 0.05) is 32.7 Å². The van der Waals surface area contributed by atoms with E-state index >= 15 is 0 Å². The van der Waals surface area contributed by atoms with Gasteiger partial charge < -0.3 is 25.0 Å². The summed E-state index contributed by atoms with van der Waals surface area (Å²) in [7, 11) is 3.14. The highest BCUT2D eigenvalue weighted by atomic mass is 32.1. The van der Waals surface area contributed by atoms with Gasteiger partial charge >= 0.3 is 6.61 Å². The van der Waals surface area contributed by atoms with Crippen molar-refractivity contribution in [2.45, 2.75) is 32.0 Å². The largest absolute Gasteiger partial charge is 0.493 e. The average Bonchev–Trinajstić information content (AvgIpc) is 3.26. The number of guanidine groups is 1. The molecule has 0 amide bonds. The van der Waals surface area contributed by atoms with Crippen molar-refractivity contribution in [3.05, 3.63) is 41.3 Å². The number of hydrogen-bond donors (Lipinski definition) is 2. The van der Waals surface area contributed by atoms with Gasteiger partial charge in [0.1, 0.15) is 0 Å². The molecule has 0 unspecified atom stereocenters. The summed E-state index contributed by atoms with van der Waals surface area (Å²) in [5.74, 6) is 0.978. The standard InChI is InChI=1S/C20H26F2N4O2S/c1-23-20(25-15-7-9-26(10-8-15)18-4-3-11-29-18)24-13-14-5-6-16(27-2)17(12-14)28-19(21)22/h3-6,11-12,15,19H,7-10,13H2,1-2H3,(H2,23,24,25). The summed E-state index contributed by atoms with van der Waals surface area (Å²) in [5, 5.41) is 10.1. The molecule has 3 rings (SSSR count). The summed E-state index contributed by atoms with van der Waals surface area (Å²) in [6.45, 7) is -0.469. The van der Waals surface area contributed by atoms with Gasteiger partial charge in [-0.3, -0.25) is 4.99 Å². The number of methoxy groups -OCH3 is 1. The van der Waals surface area contributed by atoms with Gasteiger partial charge in [0.05, 0.1) is 12.1 Å². The van der Waals surface area contributed by atoms with Gasteiger partial charge in [-0.15, -0.1) is 11.3 Å². The predicted molar refractivity (Wildman–Crippen MR) is 113 cm³/mol. The Morgan fingerprint density at radius 3 is 2.69 bits per heavy atom. The first-order chi connectivity index (χ1) is 14.1. The van der Waals surface area contributed by atoms with E-state index in [1.807, 2.05) is 0 Å². The van der Waals surface area contributed by atoms with Crippen molar-refractivity contribution in [2.24, 2.45) is 4.99 Å². The molecule has 0 saturated carbocycles. The normalized spacial score (nSPS) is 15.5. The van der Waals surface area contributed by atoms with Crippen LogP contribution in [-0.2, 0) is 6.54 Å². The average molecular weight is 425 g/mol. The summed E-state index contributed by atoms with van der Waals surface area (Å²) in [6.07, 6.45) is 2.04. The minimum Gasteiger partial charge on any atom is -0.493 e. The van der Waals surface area contributed by atoms with E-state index in [-0.39, 0.29) is 11.5 Å². The number of piperidine rings is 1. The first-order valence-electron chi connectivity index (χ1n) is 9.46. The number of nitrogens with one attached hydrogen (secondary N) is 2. The van der Waals surface area contributed by atoms with Crippen LogP contribution in [0, 0.1) is 0 Å². The fraction of sp³-hybridized carbons (Fsp3) is 0.450. The molecule has 6 nitrogen and oxygen atoms in total. The zero-order chi connectivity index (χ0) is 20.6. The number of ether oxygens (including phenoxy) is 2. The monoisotopic (exact) mass is 424 g/mol. The van der Waals surface area contributed by atoms with Gasteiger partial charge in [0.2, 0.25) is 0 Å². The van der Waals surface area contributed by atoms with Crippen molar-refractivity contribution in [3.63, 3.8) is 0 Å². The number of thiophene rings is 1. The second-order valence-corrected chi connectivity index (χ2v) is 7.57. The van der Waals surface area contributed by atoms with Gasteiger partial charge in [-0.25, -0.2) is 0 Å². The van der Waals surface area contributed by atoms with Crippen LogP contribution in [0.1, 0.15) is 18.4 Å². The molecule has 2 aromatic rings. The number of nitrogens with zero attached hydrogens (tertiary/aromatic N) is 2. The molecule has 29 heavy (non-hydrogen) atoms. The maximum absolute atomic E-state index is 12.6. The Hall–Kier alpha value is -2.55. The summed E-state index contributed by atoms with van der Waals surface area (Å²) < 4.78 is 34.8. The second kappa shape index (κ2) is 10.3. The Labute approximate surface area is 173 Å². The van der Waals surface area contributed by atoms with Crippen LogP contribution in [0.4, 0.5) is 13.8 Å². The first kappa shape index (κ1) is 21.2. The lowest BCUT2D eigenvalue weighted by atomic mass is 10.1. The number of alkyl halides is 2. The van der Waals surface area contributed by atoms with Crippen LogP contribution in [0.5, 0.6) is 11.5 Å². The lowest BCUT2D eigenvalue weighted by Gasteiger charge is -2.33. The number of anilines is 1. The molecule has 1 aliphatic heterocycles. The van der Waals surface area contributed by atoms with Gasteiger partial charge in [0.25, 0.3) is 0 Å². The zero-order valence-corrected chi connectivity index (χ0v) is 17.3. The van der Waals surface area contributed by atoms with Crippen molar-refractivity contribution >= 4 is 22.3 Å². The van der Waals surface area contributed by atoms with E-state index in [4.69, 9.17) is 4.74 Å². The summed E-state index contributed by atoms with van der Waals surface area (Å²) in [4.78, 5) is 6.68. The van der Waals surface area contributed by atoms with E-state index in [1.54, 1.807) is 36.6 Å². The maximum Gasteiger partial charge on any atom is 0.387 e. The molecule has 0 atom stereocenters. The minimum atomic E-state index is -2.90. The van der Waals surface area contributed by atoms with E-state index in [2.05, 4.69) is 42.8 Å². The highest BCUT2D eigenvalue weighted by molar-refractivity contribution is 7.14. The van der Waals surface area contributed by atoms with Crippen LogP contribution < -0.4 is 25.0 Å². The SMILES string of the molecule is CN=C(NCc1ccc(OC)c(OC(F)F)c1)NC1CCN(c2cccs2)CC1. The van der Waals surface area contributed by atoms with E-state index in [9.17, 15) is 8.78 Å². The quantitative estimate of drug-likeness (QED) is 0.524. The Bertz CT molecular complexity index is 794. The Kier molecular flexibility index (Phi) is 7.51. The first-order valence-corrected chi connectivity index (χ1v) is 10.3. The molecular weight excluding hydrogens is 398 g/mol. The number of hydrogen-bond acceptors (Lipinski definition) is 5. The molecule has 1 aromatic carbocycles. The Morgan fingerprint density at radius 2 is 2.07 bits per heavy atom. The smallest absolute Gasteiger partial charge is 0.387 e. The predicted octanol–water partition coefficient (Wildman–Crippen LogP) is 3.69. The minimum absolute atomic E-state index is 0.0192. The van der Waals surface area contributed by atoms with E-state index in [0.29, 0.717) is 18.5 Å². The fourth-order valence-electron chi connectivity index (χ4n) is 3.29. The van der Waals surface area contributed by atoms with Crippen LogP contribution >= 0.6 is 11.3 Å². The summed E-state index contributed by atoms with van der Waals surface area (Å²) in [5.41, 5.74) is 0.789. The van der Waals surface area contributed by atoms with Crippen LogP contribution in [0.3, 0.4) is 0 Å². The Balaban J connectivity index is 1.51. The molecule has 1 fully saturated rings. The molecule has 9 heteroatoms. The van der Waals surface area contributed by atoms with Gasteiger partial charge in [-0.1, -0.05) is 6.07 Å². The molecule has 158 valence electrons. The van der Waals surface area contributed by atoms with Gasteiger partial charge in [0.15, 0.2) is 17.5 Å². The van der Waals surface area contributed by atoms with Gasteiger partial charge in [-0.05, 0) is 48.1 Å². The maximum atomic E-state index is 12.6. The van der Waals surface area contributed by atoms with Crippen molar-refractivity contribution in [1.82, 2.24) is 10.6 Å². The molecule has 0 aliphatic carbocycles. The molecule has 2 heterocycles. The van der Waals surface area contributed by atoms with Crippen molar-refractivity contribution in [2.75, 3.05) is 32.1 Å². The molecular formula is C20H26F2N4O2S. The molecule has 2 N–H and O–H groups in total. The van der Waals surface area contributed by atoms with E-state index < -0.39 is 6.61 Å². The summed E-state index contributed by atoms with van der Waals surface area (Å²) in [6, 6.07) is 9.53. The van der Waals surface area contributed by atoms with Crippen molar-refractivity contribution in [1.29, 1.82) is 0 Å². The van der Waals surface area contributed by atoms with Crippen LogP contribution in [0.15, 0.2) is 40.7 Å². The highest BCUT2D eigenvalue weighted by Gasteiger charge is 2.20. The lowest BCUT2D eigenvalue weighted by molar-refractivity contribution is -0.0512. The van der Waals surface area contributed by atoms with Crippen LogP contribution in [0.25, 0.3) is 0 Å². The van der Waals surface area contributed by atoms with Gasteiger partial charge in [-0.2, -0.15) is 8.78 Å². The molecule has 1 saturated heterocycles. The van der Waals surface area contributed by atoms with Crippen LogP contribution in [-0.4, -0.2) is 45.9 Å². The number of rotatable bonds is 7. The molecule has 1 aromatic heterocycles. The molecule has 0 spiro atoms. The van der Waals surface area contributed by atoms with Crippen molar-refractivity contribution in [3.8, 4) is 11.5 Å². The third-order valence-electron chi connectivity index (χ3n) is 4.78. The van der Waals surface area contributed by atoms with Crippen molar-refractivity contribution < 1.29 is 18.3 Å². The third kappa shape index (κ3) is 5.96. The molecule has 0 radical (unpaired) electrons. The second-order valence-electron chi connectivity index (χ2n) is 6.65. The highest BCUT2D eigenvalue weighted by Crippen LogP contribution is 2.29. The number of benzene rings is 1. The lowest BCUT2D eigenvalue weighted by Crippen LogP contribution is -2.48. The molecule has 1 aliphatic rings. The van der Waals surface area contributed by atoms with E-state index in [1.165, 1.54) is 12.1 Å². The summed E-state index contributed by atoms with van der Waals surface area (Å²) >= 11 is 1.77. The molecule has 0 bridgehead atoms. The van der Waals surface area contributed by atoms with Crippen LogP contribution in [0.2, 0.25) is 0 Å². The van der Waals surface area contributed by atoms with E-state index in [0.717, 1.165) is 31.5 Å². The number of halogens is 2.